The number of hydrogen-bond acceptors (Lipinski definition) is 3. The second kappa shape index (κ2) is 5.14. The maximum absolute atomic E-state index is 13.4. The largest absolute Gasteiger partial charge is 0.439 e. The van der Waals surface area contributed by atoms with Crippen molar-refractivity contribution < 1.29 is 9.13 Å². The number of hydrogen-bond donors (Lipinski definition) is 1. The fraction of sp³-hybridized carbons (Fsp3) is 0.214. The van der Waals surface area contributed by atoms with Crippen LogP contribution in [0.2, 0.25) is 0 Å². The van der Waals surface area contributed by atoms with E-state index >= 15 is 0 Å². The van der Waals surface area contributed by atoms with Crippen LogP contribution in [0.15, 0.2) is 36.5 Å². The van der Waals surface area contributed by atoms with E-state index in [0.29, 0.717) is 17.2 Å². The number of nitrogens with zero attached hydrogens (tertiary/aromatic N) is 1. The van der Waals surface area contributed by atoms with Crippen molar-refractivity contribution in [1.29, 1.82) is 0 Å². The monoisotopic (exact) mass is 246 g/mol. The minimum Gasteiger partial charge on any atom is -0.439 e. The molecule has 94 valence electrons. The maximum Gasteiger partial charge on any atom is 0.219 e. The Balaban J connectivity index is 2.23. The number of rotatable bonds is 3. The van der Waals surface area contributed by atoms with Crippen molar-refractivity contribution in [3.8, 4) is 11.6 Å². The number of benzene rings is 1. The number of pyridine rings is 1. The molecule has 3 nitrogen and oxygen atoms in total. The van der Waals surface area contributed by atoms with Crippen LogP contribution in [0.25, 0.3) is 0 Å². The molecule has 1 heterocycles. The van der Waals surface area contributed by atoms with Gasteiger partial charge in [0.1, 0.15) is 11.6 Å². The molecule has 2 N–H and O–H groups in total. The van der Waals surface area contributed by atoms with Crippen molar-refractivity contribution in [3.63, 3.8) is 0 Å². The highest BCUT2D eigenvalue weighted by molar-refractivity contribution is 5.32. The van der Waals surface area contributed by atoms with E-state index in [0.717, 1.165) is 5.56 Å². The summed E-state index contributed by atoms with van der Waals surface area (Å²) in [6.07, 6.45) is 1.62. The van der Waals surface area contributed by atoms with Gasteiger partial charge < -0.3 is 10.5 Å². The summed E-state index contributed by atoms with van der Waals surface area (Å²) in [6, 6.07) is 8.20. The molecule has 0 aliphatic rings. The van der Waals surface area contributed by atoms with Crippen LogP contribution in [0.1, 0.15) is 24.1 Å². The van der Waals surface area contributed by atoms with E-state index in [1.54, 1.807) is 31.3 Å². The highest BCUT2D eigenvalue weighted by atomic mass is 19.1. The lowest BCUT2D eigenvalue weighted by Crippen LogP contribution is -2.05. The third kappa shape index (κ3) is 2.84. The van der Waals surface area contributed by atoms with Crippen LogP contribution in [0, 0.1) is 12.7 Å². The Bertz CT molecular complexity index is 555. The zero-order valence-electron chi connectivity index (χ0n) is 10.4. The van der Waals surface area contributed by atoms with Gasteiger partial charge in [0.25, 0.3) is 0 Å². The minimum absolute atomic E-state index is 0.0925. The Kier molecular flexibility index (Phi) is 3.58. The lowest BCUT2D eigenvalue weighted by atomic mass is 10.1. The lowest BCUT2D eigenvalue weighted by Gasteiger charge is -2.09. The SMILES string of the molecule is Cc1ccc(Oc2cc([C@@H](C)N)ccn2)cc1F. The quantitative estimate of drug-likeness (QED) is 0.903. The van der Waals surface area contributed by atoms with Crippen molar-refractivity contribution in [2.75, 3.05) is 0 Å². The van der Waals surface area contributed by atoms with Crippen LogP contribution in [-0.4, -0.2) is 4.98 Å². The molecule has 0 unspecified atom stereocenters. The molecule has 0 aliphatic carbocycles. The molecule has 18 heavy (non-hydrogen) atoms. The summed E-state index contributed by atoms with van der Waals surface area (Å²) in [5.74, 6) is 0.538. The molecule has 0 radical (unpaired) electrons. The smallest absolute Gasteiger partial charge is 0.219 e. The second-order valence-corrected chi connectivity index (χ2v) is 4.23. The number of aromatic nitrogens is 1. The van der Waals surface area contributed by atoms with Gasteiger partial charge >= 0.3 is 0 Å². The molecule has 0 amide bonds. The van der Waals surface area contributed by atoms with Gasteiger partial charge in [-0.3, -0.25) is 0 Å². The van der Waals surface area contributed by atoms with Crippen LogP contribution < -0.4 is 10.5 Å². The first-order chi connectivity index (χ1) is 8.56. The fourth-order valence-corrected chi connectivity index (χ4v) is 1.52. The number of halogens is 1. The van der Waals surface area contributed by atoms with E-state index in [-0.39, 0.29) is 11.9 Å². The molecular weight excluding hydrogens is 231 g/mol. The number of nitrogens with two attached hydrogens (primary N) is 1. The summed E-state index contributed by atoms with van der Waals surface area (Å²) < 4.78 is 18.9. The van der Waals surface area contributed by atoms with Gasteiger partial charge in [-0.15, -0.1) is 0 Å². The third-order valence-corrected chi connectivity index (χ3v) is 2.65. The molecule has 0 aliphatic heterocycles. The zero-order valence-corrected chi connectivity index (χ0v) is 10.4. The Morgan fingerprint density at radius 2 is 2.06 bits per heavy atom. The van der Waals surface area contributed by atoms with E-state index < -0.39 is 0 Å². The van der Waals surface area contributed by atoms with Gasteiger partial charge in [-0.05, 0) is 37.1 Å². The minimum atomic E-state index is -0.296. The predicted octanol–water partition coefficient (Wildman–Crippen LogP) is 3.34. The molecule has 0 saturated heterocycles. The van der Waals surface area contributed by atoms with Gasteiger partial charge in [0, 0.05) is 24.4 Å². The van der Waals surface area contributed by atoms with Crippen molar-refractivity contribution in [1.82, 2.24) is 4.98 Å². The van der Waals surface area contributed by atoms with Gasteiger partial charge in [0.15, 0.2) is 0 Å². The summed E-state index contributed by atoms with van der Waals surface area (Å²) in [5.41, 5.74) is 7.28. The number of ether oxygens (including phenoxy) is 1. The lowest BCUT2D eigenvalue weighted by molar-refractivity contribution is 0.456. The summed E-state index contributed by atoms with van der Waals surface area (Å²) in [7, 11) is 0. The highest BCUT2D eigenvalue weighted by Gasteiger charge is 2.05. The van der Waals surface area contributed by atoms with Crippen molar-refractivity contribution in [3.05, 3.63) is 53.5 Å². The second-order valence-electron chi connectivity index (χ2n) is 4.23. The molecule has 2 rings (SSSR count). The molecule has 0 fully saturated rings. The highest BCUT2D eigenvalue weighted by Crippen LogP contribution is 2.23. The summed E-state index contributed by atoms with van der Waals surface area (Å²) in [4.78, 5) is 4.07. The zero-order chi connectivity index (χ0) is 13.1. The first-order valence-electron chi connectivity index (χ1n) is 5.72. The van der Waals surface area contributed by atoms with E-state index in [9.17, 15) is 4.39 Å². The van der Waals surface area contributed by atoms with Gasteiger partial charge in [0.05, 0.1) is 0 Å². The van der Waals surface area contributed by atoms with Crippen LogP contribution in [-0.2, 0) is 0 Å². The summed E-state index contributed by atoms with van der Waals surface area (Å²) >= 11 is 0. The molecule has 0 saturated carbocycles. The summed E-state index contributed by atoms with van der Waals surface area (Å²) in [5, 5.41) is 0. The van der Waals surface area contributed by atoms with E-state index in [1.807, 2.05) is 13.0 Å². The van der Waals surface area contributed by atoms with Crippen molar-refractivity contribution >= 4 is 0 Å². The van der Waals surface area contributed by atoms with Gasteiger partial charge in [0.2, 0.25) is 5.88 Å². The van der Waals surface area contributed by atoms with Gasteiger partial charge in [-0.25, -0.2) is 9.37 Å². The van der Waals surface area contributed by atoms with Crippen molar-refractivity contribution in [2.45, 2.75) is 19.9 Å². The topological polar surface area (TPSA) is 48.1 Å². The predicted molar refractivity (Wildman–Crippen MR) is 68.1 cm³/mol. The van der Waals surface area contributed by atoms with E-state index in [4.69, 9.17) is 10.5 Å². The Hall–Kier alpha value is -1.94. The normalized spacial score (nSPS) is 12.2. The van der Waals surface area contributed by atoms with Crippen LogP contribution in [0.5, 0.6) is 11.6 Å². The Morgan fingerprint density at radius 1 is 1.28 bits per heavy atom. The molecule has 1 atom stereocenters. The number of aryl methyl sites for hydroxylation is 1. The fourth-order valence-electron chi connectivity index (χ4n) is 1.52. The Morgan fingerprint density at radius 3 is 2.72 bits per heavy atom. The average molecular weight is 246 g/mol. The van der Waals surface area contributed by atoms with E-state index in [1.165, 1.54) is 6.07 Å². The molecule has 0 spiro atoms. The molecular formula is C14H15FN2O. The molecule has 2 aromatic rings. The molecule has 4 heteroatoms. The summed E-state index contributed by atoms with van der Waals surface area (Å²) in [6.45, 7) is 3.58. The first-order valence-corrected chi connectivity index (χ1v) is 5.72. The maximum atomic E-state index is 13.4. The third-order valence-electron chi connectivity index (χ3n) is 2.65. The molecule has 1 aromatic heterocycles. The van der Waals surface area contributed by atoms with Gasteiger partial charge in [-0.2, -0.15) is 0 Å². The Labute approximate surface area is 105 Å². The van der Waals surface area contributed by atoms with Crippen LogP contribution in [0.4, 0.5) is 4.39 Å². The standard InChI is InChI=1S/C14H15FN2O/c1-9-3-4-12(8-13(9)15)18-14-7-11(10(2)16)5-6-17-14/h3-8,10H,16H2,1-2H3/t10-/m1/s1. The van der Waals surface area contributed by atoms with E-state index in [2.05, 4.69) is 4.98 Å². The van der Waals surface area contributed by atoms with Crippen LogP contribution in [0.3, 0.4) is 0 Å². The molecule has 0 bridgehead atoms. The van der Waals surface area contributed by atoms with Crippen LogP contribution >= 0.6 is 0 Å². The van der Waals surface area contributed by atoms with Gasteiger partial charge in [-0.1, -0.05) is 6.07 Å². The van der Waals surface area contributed by atoms with Crippen molar-refractivity contribution in [2.24, 2.45) is 5.73 Å². The molecule has 1 aromatic carbocycles. The average Bonchev–Trinajstić information content (AvgIpc) is 2.34. The first kappa shape index (κ1) is 12.5.